The predicted molar refractivity (Wildman–Crippen MR) is 113 cm³/mol. The molecule has 1 amide bonds. The van der Waals surface area contributed by atoms with Gasteiger partial charge in [0.1, 0.15) is 0 Å². The SMILES string of the molecule is CC(OC(=O)c1c[nH]c2ccccc12)C(=O)N1CCC(Cc2ccccc2)CC1. The minimum Gasteiger partial charge on any atom is -0.449 e. The lowest BCUT2D eigenvalue weighted by atomic mass is 9.90. The van der Waals surface area contributed by atoms with E-state index in [1.807, 2.05) is 35.2 Å². The molecule has 0 saturated carbocycles. The normalized spacial score (nSPS) is 16.0. The maximum absolute atomic E-state index is 12.8. The van der Waals surface area contributed by atoms with Gasteiger partial charge in [0.2, 0.25) is 0 Å². The van der Waals surface area contributed by atoms with Crippen LogP contribution in [-0.2, 0) is 16.0 Å². The van der Waals surface area contributed by atoms with E-state index in [9.17, 15) is 9.59 Å². The van der Waals surface area contributed by atoms with E-state index in [0.29, 0.717) is 24.6 Å². The van der Waals surface area contributed by atoms with Gasteiger partial charge >= 0.3 is 5.97 Å². The molecule has 0 bridgehead atoms. The fourth-order valence-electron chi connectivity index (χ4n) is 4.08. The van der Waals surface area contributed by atoms with E-state index in [4.69, 9.17) is 4.74 Å². The number of fused-ring (bicyclic) bond motifs is 1. The van der Waals surface area contributed by atoms with E-state index in [1.165, 1.54) is 5.56 Å². The largest absolute Gasteiger partial charge is 0.449 e. The van der Waals surface area contributed by atoms with Crippen LogP contribution in [0.5, 0.6) is 0 Å². The maximum atomic E-state index is 12.8. The van der Waals surface area contributed by atoms with Gasteiger partial charge in [-0.1, -0.05) is 48.5 Å². The number of ether oxygens (including phenoxy) is 1. The van der Waals surface area contributed by atoms with Crippen LogP contribution in [0.25, 0.3) is 10.9 Å². The molecule has 1 fully saturated rings. The van der Waals surface area contributed by atoms with Crippen LogP contribution in [-0.4, -0.2) is 41.0 Å². The Kier molecular flexibility index (Phi) is 5.65. The number of para-hydroxylation sites is 1. The van der Waals surface area contributed by atoms with E-state index in [-0.39, 0.29) is 5.91 Å². The molecule has 1 saturated heterocycles. The van der Waals surface area contributed by atoms with Crippen molar-refractivity contribution in [2.75, 3.05) is 13.1 Å². The summed E-state index contributed by atoms with van der Waals surface area (Å²) in [7, 11) is 0. The number of carbonyl (C=O) groups excluding carboxylic acids is 2. The van der Waals surface area contributed by atoms with Gasteiger partial charge in [0.25, 0.3) is 5.91 Å². The van der Waals surface area contributed by atoms with Crippen LogP contribution in [0.15, 0.2) is 60.8 Å². The number of amides is 1. The summed E-state index contributed by atoms with van der Waals surface area (Å²) in [5.41, 5.74) is 2.68. The number of likely N-dealkylation sites (tertiary alicyclic amines) is 1. The summed E-state index contributed by atoms with van der Waals surface area (Å²) in [6, 6.07) is 18.0. The number of hydrogen-bond donors (Lipinski definition) is 1. The standard InChI is InChI=1S/C24H26N2O3/c1-17(29-24(28)21-16-25-22-10-6-5-9-20(21)22)23(27)26-13-11-19(12-14-26)15-18-7-3-2-4-8-18/h2-10,16-17,19,25H,11-15H2,1H3. The first-order valence-corrected chi connectivity index (χ1v) is 10.2. The van der Waals surface area contributed by atoms with Crippen LogP contribution in [0.2, 0.25) is 0 Å². The molecule has 1 N–H and O–H groups in total. The van der Waals surface area contributed by atoms with Crippen molar-refractivity contribution < 1.29 is 14.3 Å². The molecule has 2 aromatic carbocycles. The Morgan fingerprint density at radius 2 is 1.76 bits per heavy atom. The molecular weight excluding hydrogens is 364 g/mol. The summed E-state index contributed by atoms with van der Waals surface area (Å²) < 4.78 is 5.49. The number of nitrogens with one attached hydrogen (secondary N) is 1. The van der Waals surface area contributed by atoms with E-state index in [1.54, 1.807) is 13.1 Å². The molecule has 4 rings (SSSR count). The first-order valence-electron chi connectivity index (χ1n) is 10.2. The van der Waals surface area contributed by atoms with Gasteiger partial charge in [-0.25, -0.2) is 4.79 Å². The van der Waals surface area contributed by atoms with E-state index >= 15 is 0 Å². The van der Waals surface area contributed by atoms with Crippen LogP contribution in [0.4, 0.5) is 0 Å². The average molecular weight is 390 g/mol. The molecule has 1 aliphatic heterocycles. The molecule has 1 unspecified atom stereocenters. The van der Waals surface area contributed by atoms with Crippen molar-refractivity contribution >= 4 is 22.8 Å². The Bertz CT molecular complexity index is 988. The number of piperidine rings is 1. The molecule has 29 heavy (non-hydrogen) atoms. The molecule has 2 heterocycles. The molecular formula is C24H26N2O3. The third kappa shape index (κ3) is 4.34. The lowest BCUT2D eigenvalue weighted by molar-refractivity contribution is -0.141. The number of aromatic amines is 1. The van der Waals surface area contributed by atoms with Crippen LogP contribution >= 0.6 is 0 Å². The minimum atomic E-state index is -0.790. The van der Waals surface area contributed by atoms with Crippen LogP contribution < -0.4 is 0 Å². The van der Waals surface area contributed by atoms with Crippen LogP contribution in [0.3, 0.4) is 0 Å². The summed E-state index contributed by atoms with van der Waals surface area (Å²) in [5.74, 6) is 0.00384. The smallest absolute Gasteiger partial charge is 0.341 e. The van der Waals surface area contributed by atoms with Crippen LogP contribution in [0, 0.1) is 5.92 Å². The summed E-state index contributed by atoms with van der Waals surface area (Å²) in [5, 5.41) is 0.805. The monoisotopic (exact) mass is 390 g/mol. The topological polar surface area (TPSA) is 62.4 Å². The zero-order valence-corrected chi connectivity index (χ0v) is 16.6. The van der Waals surface area contributed by atoms with Gasteiger partial charge < -0.3 is 14.6 Å². The number of H-pyrrole nitrogens is 1. The maximum Gasteiger partial charge on any atom is 0.341 e. The zero-order valence-electron chi connectivity index (χ0n) is 16.6. The van der Waals surface area contributed by atoms with Crippen molar-refractivity contribution in [1.82, 2.24) is 9.88 Å². The van der Waals surface area contributed by atoms with Gasteiger partial charge in [-0.15, -0.1) is 0 Å². The first-order chi connectivity index (χ1) is 14.1. The fourth-order valence-corrected chi connectivity index (χ4v) is 4.08. The fraction of sp³-hybridized carbons (Fsp3) is 0.333. The number of nitrogens with zero attached hydrogens (tertiary/aromatic N) is 1. The Morgan fingerprint density at radius 1 is 1.07 bits per heavy atom. The highest BCUT2D eigenvalue weighted by Gasteiger charge is 2.28. The molecule has 0 aliphatic carbocycles. The lowest BCUT2D eigenvalue weighted by Gasteiger charge is -2.33. The molecule has 3 aromatic rings. The van der Waals surface area contributed by atoms with Gasteiger partial charge in [-0.05, 0) is 43.7 Å². The second-order valence-electron chi connectivity index (χ2n) is 7.75. The number of carbonyl (C=O) groups is 2. The van der Waals surface area contributed by atoms with Crippen molar-refractivity contribution in [3.8, 4) is 0 Å². The minimum absolute atomic E-state index is 0.114. The van der Waals surface area contributed by atoms with Crippen molar-refractivity contribution in [2.24, 2.45) is 5.92 Å². The summed E-state index contributed by atoms with van der Waals surface area (Å²) in [6.07, 6.45) is 3.85. The molecule has 150 valence electrons. The summed E-state index contributed by atoms with van der Waals surface area (Å²) >= 11 is 0. The third-order valence-electron chi connectivity index (χ3n) is 5.73. The van der Waals surface area contributed by atoms with Crippen molar-refractivity contribution in [3.05, 3.63) is 71.9 Å². The second-order valence-corrected chi connectivity index (χ2v) is 7.75. The summed E-state index contributed by atoms with van der Waals surface area (Å²) in [6.45, 7) is 3.09. The summed E-state index contributed by atoms with van der Waals surface area (Å²) in [4.78, 5) is 30.2. The van der Waals surface area contributed by atoms with E-state index in [0.717, 1.165) is 30.2 Å². The van der Waals surface area contributed by atoms with E-state index in [2.05, 4.69) is 29.2 Å². The molecule has 0 radical (unpaired) electrons. The number of rotatable bonds is 5. The third-order valence-corrected chi connectivity index (χ3v) is 5.73. The zero-order chi connectivity index (χ0) is 20.2. The first kappa shape index (κ1) is 19.2. The molecule has 0 spiro atoms. The Balaban J connectivity index is 1.31. The van der Waals surface area contributed by atoms with Gasteiger partial charge in [0.15, 0.2) is 6.10 Å². The lowest BCUT2D eigenvalue weighted by Crippen LogP contribution is -2.44. The quantitative estimate of drug-likeness (QED) is 0.665. The van der Waals surface area contributed by atoms with Crippen molar-refractivity contribution in [3.63, 3.8) is 0 Å². The highest BCUT2D eigenvalue weighted by atomic mass is 16.5. The van der Waals surface area contributed by atoms with Gasteiger partial charge in [0.05, 0.1) is 5.56 Å². The van der Waals surface area contributed by atoms with Crippen molar-refractivity contribution in [2.45, 2.75) is 32.3 Å². The molecule has 1 atom stereocenters. The number of benzene rings is 2. The van der Waals surface area contributed by atoms with Crippen LogP contribution in [0.1, 0.15) is 35.7 Å². The molecule has 5 nitrogen and oxygen atoms in total. The Morgan fingerprint density at radius 3 is 2.52 bits per heavy atom. The van der Waals surface area contributed by atoms with E-state index < -0.39 is 12.1 Å². The second kappa shape index (κ2) is 8.52. The Hall–Kier alpha value is -3.08. The predicted octanol–water partition coefficient (Wildman–Crippen LogP) is 4.19. The highest BCUT2D eigenvalue weighted by molar-refractivity contribution is 6.04. The highest BCUT2D eigenvalue weighted by Crippen LogP contribution is 2.23. The average Bonchev–Trinajstić information content (AvgIpc) is 3.19. The van der Waals surface area contributed by atoms with Gasteiger partial charge in [-0.3, -0.25) is 4.79 Å². The number of hydrogen-bond acceptors (Lipinski definition) is 3. The van der Waals surface area contributed by atoms with Gasteiger partial charge in [0, 0.05) is 30.2 Å². The molecule has 5 heteroatoms. The molecule has 1 aliphatic rings. The van der Waals surface area contributed by atoms with Crippen molar-refractivity contribution in [1.29, 1.82) is 0 Å². The number of esters is 1. The number of aromatic nitrogens is 1. The molecule has 1 aromatic heterocycles. The van der Waals surface area contributed by atoms with Gasteiger partial charge in [-0.2, -0.15) is 0 Å². The Labute approximate surface area is 170 Å².